The van der Waals surface area contributed by atoms with Gasteiger partial charge in [-0.25, -0.2) is 13.2 Å². The summed E-state index contributed by atoms with van der Waals surface area (Å²) in [6, 6.07) is 6.83. The number of nitrogens with one attached hydrogen (secondary N) is 2. The van der Waals surface area contributed by atoms with Crippen molar-refractivity contribution in [2.45, 2.75) is 12.5 Å². The molecule has 1 aromatic heterocycles. The van der Waals surface area contributed by atoms with Gasteiger partial charge in [0.05, 0.1) is 16.0 Å². The van der Waals surface area contributed by atoms with Gasteiger partial charge in [-0.1, -0.05) is 6.07 Å². The van der Waals surface area contributed by atoms with E-state index in [1.807, 2.05) is 6.07 Å². The maximum absolute atomic E-state index is 14.0. The summed E-state index contributed by atoms with van der Waals surface area (Å²) in [7, 11) is 0. The lowest BCUT2D eigenvalue weighted by molar-refractivity contribution is 0.552. The number of halogens is 4. The average Bonchev–Trinajstić information content (AvgIpc) is 2.89. The highest BCUT2D eigenvalue weighted by Gasteiger charge is 2.27. The van der Waals surface area contributed by atoms with E-state index in [2.05, 4.69) is 26.2 Å². The Morgan fingerprint density at radius 3 is 2.65 bits per heavy atom. The molecule has 4 rings (SSSR count). The van der Waals surface area contributed by atoms with Crippen molar-refractivity contribution in [3.05, 3.63) is 69.1 Å². The first kappa shape index (κ1) is 14.8. The van der Waals surface area contributed by atoms with Gasteiger partial charge in [0, 0.05) is 23.7 Å². The van der Waals surface area contributed by atoms with Crippen molar-refractivity contribution in [2.75, 3.05) is 6.54 Å². The van der Waals surface area contributed by atoms with Crippen LogP contribution in [-0.4, -0.2) is 11.5 Å². The van der Waals surface area contributed by atoms with Gasteiger partial charge in [0.2, 0.25) is 0 Å². The smallest absolute Gasteiger partial charge is 0.150 e. The lowest BCUT2D eigenvalue weighted by Gasteiger charge is -2.25. The van der Waals surface area contributed by atoms with Crippen molar-refractivity contribution >= 4 is 26.8 Å². The summed E-state index contributed by atoms with van der Waals surface area (Å²) in [5, 5.41) is 3.86. The summed E-state index contributed by atoms with van der Waals surface area (Å²) < 4.78 is 41.8. The van der Waals surface area contributed by atoms with Gasteiger partial charge >= 0.3 is 0 Å². The Hall–Kier alpha value is -1.79. The summed E-state index contributed by atoms with van der Waals surface area (Å²) in [6.45, 7) is 0.653. The molecule has 1 aliphatic heterocycles. The molecule has 0 amide bonds. The molecule has 1 aliphatic rings. The Labute approximate surface area is 138 Å². The van der Waals surface area contributed by atoms with Gasteiger partial charge in [0.15, 0.2) is 0 Å². The van der Waals surface area contributed by atoms with E-state index in [0.29, 0.717) is 28.3 Å². The number of hydrogen-bond acceptors (Lipinski definition) is 1. The molecule has 2 heterocycles. The highest BCUT2D eigenvalue weighted by atomic mass is 79.9. The van der Waals surface area contributed by atoms with Gasteiger partial charge in [-0.3, -0.25) is 0 Å². The van der Waals surface area contributed by atoms with Gasteiger partial charge in [0.25, 0.3) is 0 Å². The first-order chi connectivity index (χ1) is 11.0. The SMILES string of the molecule is Fc1cc(F)c2[nH]c3c(c2c1)CCNC3c1ccc(Br)c(F)c1. The highest BCUT2D eigenvalue weighted by molar-refractivity contribution is 9.10. The Kier molecular flexibility index (Phi) is 3.46. The molecule has 2 aromatic carbocycles. The zero-order chi connectivity index (χ0) is 16.1. The molecule has 0 saturated carbocycles. The Bertz CT molecular complexity index is 920. The van der Waals surface area contributed by atoms with E-state index in [-0.39, 0.29) is 11.9 Å². The van der Waals surface area contributed by atoms with Crippen LogP contribution in [0.1, 0.15) is 22.9 Å². The quantitative estimate of drug-likeness (QED) is 0.635. The van der Waals surface area contributed by atoms with Crippen molar-refractivity contribution < 1.29 is 13.2 Å². The molecule has 0 bridgehead atoms. The number of hydrogen-bond donors (Lipinski definition) is 2. The van der Waals surface area contributed by atoms with Crippen molar-refractivity contribution in [3.8, 4) is 0 Å². The zero-order valence-corrected chi connectivity index (χ0v) is 13.5. The number of aromatic amines is 1. The standard InChI is InChI=1S/C17H12BrF3N2/c18-12-2-1-8(5-13(12)20)15-17-10(3-4-22-15)11-6-9(19)7-14(21)16(11)23-17/h1-2,5-7,15,22-23H,3-4H2. The first-order valence-electron chi connectivity index (χ1n) is 7.22. The lowest BCUT2D eigenvalue weighted by atomic mass is 9.94. The van der Waals surface area contributed by atoms with Gasteiger partial charge in [0.1, 0.15) is 17.5 Å². The molecule has 0 fully saturated rings. The Balaban J connectivity index is 1.91. The van der Waals surface area contributed by atoms with Crippen LogP contribution in [0.15, 0.2) is 34.8 Å². The van der Waals surface area contributed by atoms with Crippen LogP contribution in [-0.2, 0) is 6.42 Å². The van der Waals surface area contributed by atoms with Crippen molar-refractivity contribution in [1.82, 2.24) is 10.3 Å². The monoisotopic (exact) mass is 380 g/mol. The fraction of sp³-hybridized carbons (Fsp3) is 0.176. The fourth-order valence-electron chi connectivity index (χ4n) is 3.23. The molecular weight excluding hydrogens is 369 g/mol. The minimum atomic E-state index is -0.616. The van der Waals surface area contributed by atoms with Gasteiger partial charge < -0.3 is 10.3 Å². The molecule has 0 aliphatic carbocycles. The van der Waals surface area contributed by atoms with Crippen molar-refractivity contribution in [3.63, 3.8) is 0 Å². The third kappa shape index (κ3) is 2.37. The fourth-order valence-corrected chi connectivity index (χ4v) is 3.48. The van der Waals surface area contributed by atoms with Crippen LogP contribution < -0.4 is 5.32 Å². The summed E-state index contributed by atoms with van der Waals surface area (Å²) >= 11 is 3.14. The van der Waals surface area contributed by atoms with Gasteiger partial charge in [-0.05, 0) is 51.7 Å². The molecule has 2 nitrogen and oxygen atoms in total. The number of H-pyrrole nitrogens is 1. The third-order valence-corrected chi connectivity index (χ3v) is 4.90. The Morgan fingerprint density at radius 2 is 1.87 bits per heavy atom. The predicted octanol–water partition coefficient (Wildman–Crippen LogP) is 4.58. The molecular formula is C17H12BrF3N2. The van der Waals surface area contributed by atoms with Gasteiger partial charge in [-0.2, -0.15) is 0 Å². The molecule has 23 heavy (non-hydrogen) atoms. The van der Waals surface area contributed by atoms with Crippen LogP contribution in [0.5, 0.6) is 0 Å². The van der Waals surface area contributed by atoms with E-state index < -0.39 is 11.6 Å². The molecule has 0 spiro atoms. The first-order valence-corrected chi connectivity index (χ1v) is 8.01. The molecule has 0 saturated heterocycles. The third-order valence-electron chi connectivity index (χ3n) is 4.25. The van der Waals surface area contributed by atoms with Crippen LogP contribution >= 0.6 is 15.9 Å². The summed E-state index contributed by atoms with van der Waals surface area (Å²) in [6.07, 6.45) is 0.660. The van der Waals surface area contributed by atoms with Crippen molar-refractivity contribution in [2.24, 2.45) is 0 Å². The minimum Gasteiger partial charge on any atom is -0.354 e. The molecule has 6 heteroatoms. The molecule has 1 atom stereocenters. The predicted molar refractivity (Wildman–Crippen MR) is 85.9 cm³/mol. The van der Waals surface area contributed by atoms with Crippen LogP contribution in [0.4, 0.5) is 13.2 Å². The summed E-state index contributed by atoms with van der Waals surface area (Å²) in [5.74, 6) is -1.57. The highest BCUT2D eigenvalue weighted by Crippen LogP contribution is 2.35. The zero-order valence-electron chi connectivity index (χ0n) is 11.9. The van der Waals surface area contributed by atoms with Crippen molar-refractivity contribution in [1.29, 1.82) is 0 Å². The largest absolute Gasteiger partial charge is 0.354 e. The van der Waals surface area contributed by atoms with E-state index in [1.165, 1.54) is 12.1 Å². The number of rotatable bonds is 1. The maximum Gasteiger partial charge on any atom is 0.150 e. The topological polar surface area (TPSA) is 27.8 Å². The van der Waals surface area contributed by atoms with E-state index in [4.69, 9.17) is 0 Å². The second-order valence-electron chi connectivity index (χ2n) is 5.64. The molecule has 2 N–H and O–H groups in total. The van der Waals surface area contributed by atoms with Crippen LogP contribution in [0.3, 0.4) is 0 Å². The molecule has 118 valence electrons. The van der Waals surface area contributed by atoms with E-state index in [0.717, 1.165) is 22.9 Å². The summed E-state index contributed by atoms with van der Waals surface area (Å²) in [5.41, 5.74) is 2.67. The average molecular weight is 381 g/mol. The Morgan fingerprint density at radius 1 is 1.04 bits per heavy atom. The molecule has 0 radical (unpaired) electrons. The molecule has 1 unspecified atom stereocenters. The van der Waals surface area contributed by atoms with E-state index in [9.17, 15) is 13.2 Å². The number of benzene rings is 2. The van der Waals surface area contributed by atoms with E-state index in [1.54, 1.807) is 6.07 Å². The number of fused-ring (bicyclic) bond motifs is 3. The lowest BCUT2D eigenvalue weighted by Crippen LogP contribution is -2.30. The summed E-state index contributed by atoms with van der Waals surface area (Å²) in [4.78, 5) is 3.06. The second kappa shape index (κ2) is 5.39. The van der Waals surface area contributed by atoms with Crippen LogP contribution in [0.2, 0.25) is 0 Å². The van der Waals surface area contributed by atoms with E-state index >= 15 is 0 Å². The van der Waals surface area contributed by atoms with Crippen LogP contribution in [0.25, 0.3) is 10.9 Å². The normalized spacial score (nSPS) is 17.5. The minimum absolute atomic E-state index is 0.281. The molecule has 3 aromatic rings. The number of aromatic nitrogens is 1. The van der Waals surface area contributed by atoms with Gasteiger partial charge in [-0.15, -0.1) is 0 Å². The maximum atomic E-state index is 14.0. The second-order valence-corrected chi connectivity index (χ2v) is 6.49. The van der Waals surface area contributed by atoms with Crippen LogP contribution in [0, 0.1) is 17.5 Å².